The Kier molecular flexibility index (Phi) is 1.89. The van der Waals surface area contributed by atoms with E-state index in [0.29, 0.717) is 11.7 Å². The molecule has 0 bridgehead atoms. The highest BCUT2D eigenvalue weighted by molar-refractivity contribution is 5.78. The van der Waals surface area contributed by atoms with Crippen LogP contribution in [-0.2, 0) is 4.79 Å². The predicted octanol–water partition coefficient (Wildman–Crippen LogP) is 2.01. The van der Waals surface area contributed by atoms with Gasteiger partial charge in [0.1, 0.15) is 5.78 Å². The smallest absolute Gasteiger partial charge is 0.132 e. The zero-order chi connectivity index (χ0) is 6.85. The maximum Gasteiger partial charge on any atom is 0.132 e. The Balaban J connectivity index is 2.39. The molecular formula is C8H14O. The van der Waals surface area contributed by atoms with Gasteiger partial charge in [-0.15, -0.1) is 0 Å². The quantitative estimate of drug-likeness (QED) is 0.525. The van der Waals surface area contributed by atoms with Gasteiger partial charge < -0.3 is 0 Å². The third-order valence-corrected chi connectivity index (χ3v) is 2.27. The summed E-state index contributed by atoms with van der Waals surface area (Å²) in [4.78, 5) is 10.8. The lowest BCUT2D eigenvalue weighted by atomic mass is 10.0. The second-order valence-electron chi connectivity index (χ2n) is 3.23. The molecule has 0 aromatic heterocycles. The van der Waals surface area contributed by atoms with Crippen molar-refractivity contribution < 1.29 is 4.79 Å². The molecule has 0 amide bonds. The van der Waals surface area contributed by atoms with Gasteiger partial charge in [0.15, 0.2) is 0 Å². The third kappa shape index (κ3) is 1.54. The number of Topliss-reactive ketones (excluding diaryl/α,β-unsaturated/α-hetero) is 1. The second-order valence-corrected chi connectivity index (χ2v) is 3.23. The van der Waals surface area contributed by atoms with Crippen molar-refractivity contribution in [2.45, 2.75) is 33.1 Å². The summed E-state index contributed by atoms with van der Waals surface area (Å²) in [6, 6.07) is 0. The first-order valence-electron chi connectivity index (χ1n) is 3.70. The standard InChI is InChI=1S/C8H14O/c1-6-3-4-8(5-6)7(2)9/h6,8H,3-5H2,1-2H3/t6-,8+/m0/s1. The SMILES string of the molecule is CC(=O)[C@@H]1CC[C@H](C)C1. The van der Waals surface area contributed by atoms with Gasteiger partial charge in [0.2, 0.25) is 0 Å². The molecule has 1 saturated carbocycles. The first-order chi connectivity index (χ1) is 4.20. The Labute approximate surface area is 56.4 Å². The Morgan fingerprint density at radius 1 is 1.44 bits per heavy atom. The van der Waals surface area contributed by atoms with Crippen LogP contribution in [0.15, 0.2) is 0 Å². The van der Waals surface area contributed by atoms with Gasteiger partial charge in [0.05, 0.1) is 0 Å². The highest BCUT2D eigenvalue weighted by Gasteiger charge is 2.23. The minimum Gasteiger partial charge on any atom is -0.300 e. The van der Waals surface area contributed by atoms with Crippen LogP contribution in [0.4, 0.5) is 0 Å². The van der Waals surface area contributed by atoms with E-state index in [-0.39, 0.29) is 0 Å². The van der Waals surface area contributed by atoms with E-state index in [2.05, 4.69) is 6.92 Å². The predicted molar refractivity (Wildman–Crippen MR) is 37.2 cm³/mol. The molecule has 1 fully saturated rings. The number of rotatable bonds is 1. The van der Waals surface area contributed by atoms with Crippen LogP contribution >= 0.6 is 0 Å². The van der Waals surface area contributed by atoms with Crippen molar-refractivity contribution in [3.63, 3.8) is 0 Å². The summed E-state index contributed by atoms with van der Waals surface area (Å²) < 4.78 is 0. The van der Waals surface area contributed by atoms with Crippen LogP contribution in [0, 0.1) is 11.8 Å². The summed E-state index contributed by atoms with van der Waals surface area (Å²) in [5, 5.41) is 0. The molecule has 0 heterocycles. The fourth-order valence-electron chi connectivity index (χ4n) is 1.58. The zero-order valence-electron chi connectivity index (χ0n) is 6.18. The van der Waals surface area contributed by atoms with Crippen LogP contribution in [0.25, 0.3) is 0 Å². The Hall–Kier alpha value is -0.330. The molecule has 1 nitrogen and oxygen atoms in total. The zero-order valence-corrected chi connectivity index (χ0v) is 6.18. The minimum atomic E-state index is 0.388. The molecular weight excluding hydrogens is 112 g/mol. The van der Waals surface area contributed by atoms with Crippen molar-refractivity contribution in [1.82, 2.24) is 0 Å². The molecule has 0 aromatic rings. The van der Waals surface area contributed by atoms with E-state index in [1.54, 1.807) is 6.92 Å². The Morgan fingerprint density at radius 3 is 2.33 bits per heavy atom. The fourth-order valence-corrected chi connectivity index (χ4v) is 1.58. The van der Waals surface area contributed by atoms with E-state index in [4.69, 9.17) is 0 Å². The van der Waals surface area contributed by atoms with Gasteiger partial charge in [-0.05, 0) is 32.1 Å². The number of carbonyl (C=O) groups is 1. The van der Waals surface area contributed by atoms with E-state index in [0.717, 1.165) is 18.8 Å². The van der Waals surface area contributed by atoms with Crippen molar-refractivity contribution in [3.8, 4) is 0 Å². The lowest BCUT2D eigenvalue weighted by molar-refractivity contribution is -0.120. The van der Waals surface area contributed by atoms with Gasteiger partial charge in [-0.2, -0.15) is 0 Å². The molecule has 1 aliphatic rings. The highest BCUT2D eigenvalue weighted by Crippen LogP contribution is 2.30. The summed E-state index contributed by atoms with van der Waals surface area (Å²) in [5.41, 5.74) is 0. The molecule has 1 heteroatoms. The minimum absolute atomic E-state index is 0.388. The molecule has 0 radical (unpaired) electrons. The number of carbonyl (C=O) groups excluding carboxylic acids is 1. The van der Waals surface area contributed by atoms with Crippen molar-refractivity contribution in [2.24, 2.45) is 11.8 Å². The van der Waals surface area contributed by atoms with Crippen LogP contribution in [0.2, 0.25) is 0 Å². The summed E-state index contributed by atoms with van der Waals surface area (Å²) in [5.74, 6) is 1.58. The molecule has 1 aliphatic carbocycles. The monoisotopic (exact) mass is 126 g/mol. The number of hydrogen-bond donors (Lipinski definition) is 0. The van der Waals surface area contributed by atoms with Gasteiger partial charge in [-0.3, -0.25) is 4.79 Å². The maximum atomic E-state index is 10.8. The fraction of sp³-hybridized carbons (Fsp3) is 0.875. The lowest BCUT2D eigenvalue weighted by Crippen LogP contribution is -2.05. The molecule has 0 saturated heterocycles. The molecule has 0 unspecified atom stereocenters. The number of ketones is 1. The Morgan fingerprint density at radius 2 is 2.11 bits per heavy atom. The van der Waals surface area contributed by atoms with E-state index in [1.807, 2.05) is 0 Å². The molecule has 0 aromatic carbocycles. The first kappa shape index (κ1) is 6.79. The van der Waals surface area contributed by atoms with E-state index < -0.39 is 0 Å². The van der Waals surface area contributed by atoms with Crippen molar-refractivity contribution in [3.05, 3.63) is 0 Å². The molecule has 0 aliphatic heterocycles. The van der Waals surface area contributed by atoms with Crippen LogP contribution in [0.3, 0.4) is 0 Å². The Bertz CT molecular complexity index is 118. The summed E-state index contributed by atoms with van der Waals surface area (Å²) in [6.07, 6.45) is 3.52. The number of hydrogen-bond acceptors (Lipinski definition) is 1. The van der Waals surface area contributed by atoms with Crippen molar-refractivity contribution >= 4 is 5.78 Å². The average Bonchev–Trinajstić information content (AvgIpc) is 2.14. The molecule has 1 rings (SSSR count). The van der Waals surface area contributed by atoms with Crippen LogP contribution < -0.4 is 0 Å². The summed E-state index contributed by atoms with van der Waals surface area (Å²) in [6.45, 7) is 3.94. The van der Waals surface area contributed by atoms with Crippen LogP contribution in [0.1, 0.15) is 33.1 Å². The van der Waals surface area contributed by atoms with Crippen molar-refractivity contribution in [1.29, 1.82) is 0 Å². The van der Waals surface area contributed by atoms with Gasteiger partial charge >= 0.3 is 0 Å². The second kappa shape index (κ2) is 2.51. The van der Waals surface area contributed by atoms with Gasteiger partial charge in [0.25, 0.3) is 0 Å². The third-order valence-electron chi connectivity index (χ3n) is 2.27. The van der Waals surface area contributed by atoms with Gasteiger partial charge in [0, 0.05) is 5.92 Å². The molecule has 0 spiro atoms. The van der Waals surface area contributed by atoms with Crippen LogP contribution in [0.5, 0.6) is 0 Å². The normalized spacial score (nSPS) is 34.9. The maximum absolute atomic E-state index is 10.8. The average molecular weight is 126 g/mol. The topological polar surface area (TPSA) is 17.1 Å². The molecule has 0 N–H and O–H groups in total. The largest absolute Gasteiger partial charge is 0.300 e. The lowest BCUT2D eigenvalue weighted by Gasteiger charge is -2.01. The highest BCUT2D eigenvalue weighted by atomic mass is 16.1. The molecule has 2 atom stereocenters. The molecule has 9 heavy (non-hydrogen) atoms. The van der Waals surface area contributed by atoms with Crippen LogP contribution in [-0.4, -0.2) is 5.78 Å². The molecule has 52 valence electrons. The summed E-state index contributed by atoms with van der Waals surface area (Å²) >= 11 is 0. The van der Waals surface area contributed by atoms with E-state index in [1.165, 1.54) is 6.42 Å². The van der Waals surface area contributed by atoms with E-state index in [9.17, 15) is 4.79 Å². The van der Waals surface area contributed by atoms with Gasteiger partial charge in [-0.25, -0.2) is 0 Å². The van der Waals surface area contributed by atoms with E-state index >= 15 is 0 Å². The van der Waals surface area contributed by atoms with Crippen molar-refractivity contribution in [2.75, 3.05) is 0 Å². The summed E-state index contributed by atoms with van der Waals surface area (Å²) in [7, 11) is 0. The first-order valence-corrected chi connectivity index (χ1v) is 3.70. The van der Waals surface area contributed by atoms with Gasteiger partial charge in [-0.1, -0.05) is 6.92 Å².